The first-order valence-corrected chi connectivity index (χ1v) is 10.5. The third-order valence-corrected chi connectivity index (χ3v) is 5.20. The molecule has 1 aromatic heterocycles. The Balaban J connectivity index is 1.85. The van der Waals surface area contributed by atoms with E-state index in [9.17, 15) is 9.90 Å². The molecule has 158 valence electrons. The van der Waals surface area contributed by atoms with Crippen molar-refractivity contribution in [2.24, 2.45) is 5.92 Å². The number of carbonyl (C=O) groups is 1. The Hall–Kier alpha value is -2.85. The van der Waals surface area contributed by atoms with Gasteiger partial charge in [0.25, 0.3) is 0 Å². The Labute approximate surface area is 180 Å². The molecule has 0 fully saturated rings. The molecule has 0 saturated carbocycles. The number of aromatic nitrogens is 2. The molecule has 1 aromatic carbocycles. The fraction of sp³-hybridized carbons (Fsp3) is 0.346. The van der Waals surface area contributed by atoms with Crippen LogP contribution in [0.1, 0.15) is 55.2 Å². The summed E-state index contributed by atoms with van der Waals surface area (Å²) in [7, 11) is 0. The number of hydrogen-bond acceptors (Lipinski definition) is 4. The number of Topliss-reactive ketones (excluding diaryl/α,β-unsaturated/α-hetero) is 1. The molecule has 1 N–H and O–H groups in total. The van der Waals surface area contributed by atoms with E-state index >= 15 is 0 Å². The average molecular weight is 405 g/mol. The van der Waals surface area contributed by atoms with Crippen LogP contribution in [0.5, 0.6) is 0 Å². The molecular weight excluding hydrogens is 372 g/mol. The van der Waals surface area contributed by atoms with Gasteiger partial charge in [-0.2, -0.15) is 0 Å². The topological polar surface area (TPSA) is 63.1 Å². The van der Waals surface area contributed by atoms with Crippen LogP contribution in [0, 0.1) is 12.8 Å². The summed E-state index contributed by atoms with van der Waals surface area (Å²) < 4.78 is 0. The second kappa shape index (κ2) is 12.7. The van der Waals surface area contributed by atoms with E-state index in [0.717, 1.165) is 42.6 Å². The SMILES string of the molecule is C=C/C=C\C(=C/C)CCCCC(CO)CC(=O)c1ccc(-c2cnc(C)nc2)cc1. The summed E-state index contributed by atoms with van der Waals surface area (Å²) in [6.45, 7) is 7.62. The zero-order valence-electron chi connectivity index (χ0n) is 18.1. The Morgan fingerprint density at radius 3 is 2.43 bits per heavy atom. The van der Waals surface area contributed by atoms with Gasteiger partial charge in [-0.1, -0.05) is 67.1 Å². The van der Waals surface area contributed by atoms with Crippen molar-refractivity contribution in [3.63, 3.8) is 0 Å². The molecule has 1 atom stereocenters. The molecule has 4 nitrogen and oxygen atoms in total. The maximum Gasteiger partial charge on any atom is 0.163 e. The van der Waals surface area contributed by atoms with Crippen LogP contribution in [0.3, 0.4) is 0 Å². The van der Waals surface area contributed by atoms with Gasteiger partial charge in [0, 0.05) is 36.5 Å². The van der Waals surface area contributed by atoms with Gasteiger partial charge < -0.3 is 5.11 Å². The minimum Gasteiger partial charge on any atom is -0.396 e. The van der Waals surface area contributed by atoms with Gasteiger partial charge in [-0.05, 0) is 44.6 Å². The van der Waals surface area contributed by atoms with Crippen LogP contribution in [-0.4, -0.2) is 27.5 Å². The number of ketones is 1. The summed E-state index contributed by atoms with van der Waals surface area (Å²) in [4.78, 5) is 21.1. The normalized spacial score (nSPS) is 12.8. The first-order chi connectivity index (χ1) is 14.6. The van der Waals surface area contributed by atoms with Gasteiger partial charge >= 0.3 is 0 Å². The number of unbranched alkanes of at least 4 members (excludes halogenated alkanes) is 1. The molecular formula is C26H32N2O2. The fourth-order valence-electron chi connectivity index (χ4n) is 3.31. The number of rotatable bonds is 12. The Morgan fingerprint density at radius 2 is 1.83 bits per heavy atom. The number of benzene rings is 1. The lowest BCUT2D eigenvalue weighted by atomic mass is 9.92. The zero-order valence-corrected chi connectivity index (χ0v) is 18.1. The molecule has 0 aliphatic heterocycles. The minimum atomic E-state index is 0.000415. The molecule has 0 bridgehead atoms. The summed E-state index contributed by atoms with van der Waals surface area (Å²) in [5.41, 5.74) is 3.87. The van der Waals surface area contributed by atoms with Crippen LogP contribution in [0.4, 0.5) is 0 Å². The molecule has 2 rings (SSSR count). The van der Waals surface area contributed by atoms with Crippen LogP contribution >= 0.6 is 0 Å². The van der Waals surface area contributed by atoms with E-state index in [2.05, 4.69) is 28.7 Å². The van der Waals surface area contributed by atoms with Crippen molar-refractivity contribution in [2.75, 3.05) is 6.61 Å². The third-order valence-electron chi connectivity index (χ3n) is 5.20. The van der Waals surface area contributed by atoms with Crippen molar-refractivity contribution in [1.29, 1.82) is 0 Å². The number of aliphatic hydroxyl groups excluding tert-OH is 1. The molecule has 2 aromatic rings. The molecule has 0 amide bonds. The fourth-order valence-corrected chi connectivity index (χ4v) is 3.31. The lowest BCUT2D eigenvalue weighted by molar-refractivity contribution is 0.0930. The standard InChI is InChI=1S/C26H32N2O2/c1-4-6-9-21(5-2)10-7-8-11-22(19-29)16-26(30)24-14-12-23(13-15-24)25-17-27-20(3)28-18-25/h4-6,9,12-15,17-18,22,29H,1,7-8,10-11,16,19H2,2-3H3/b9-6-,21-5+. The molecule has 1 unspecified atom stereocenters. The maximum atomic E-state index is 12.6. The van der Waals surface area contributed by atoms with Crippen molar-refractivity contribution in [2.45, 2.75) is 46.0 Å². The maximum absolute atomic E-state index is 12.6. The molecule has 0 spiro atoms. The predicted octanol–water partition coefficient (Wildman–Crippen LogP) is 5.88. The van der Waals surface area contributed by atoms with Gasteiger partial charge in [-0.25, -0.2) is 9.97 Å². The van der Waals surface area contributed by atoms with Gasteiger partial charge in [-0.15, -0.1) is 0 Å². The summed E-state index contributed by atoms with van der Waals surface area (Å²) >= 11 is 0. The highest BCUT2D eigenvalue weighted by Gasteiger charge is 2.15. The smallest absolute Gasteiger partial charge is 0.163 e. The van der Waals surface area contributed by atoms with Crippen molar-refractivity contribution >= 4 is 5.78 Å². The Morgan fingerprint density at radius 1 is 1.13 bits per heavy atom. The van der Waals surface area contributed by atoms with Gasteiger partial charge in [0.05, 0.1) is 0 Å². The van der Waals surface area contributed by atoms with Crippen LogP contribution in [0.15, 0.2) is 73.1 Å². The van der Waals surface area contributed by atoms with E-state index in [4.69, 9.17) is 0 Å². The van der Waals surface area contributed by atoms with E-state index in [0.29, 0.717) is 12.0 Å². The highest BCUT2D eigenvalue weighted by Crippen LogP contribution is 2.21. The second-order valence-corrected chi connectivity index (χ2v) is 7.48. The highest BCUT2D eigenvalue weighted by molar-refractivity contribution is 5.96. The van der Waals surface area contributed by atoms with Crippen LogP contribution in [0.25, 0.3) is 11.1 Å². The predicted molar refractivity (Wildman–Crippen MR) is 123 cm³/mol. The molecule has 0 radical (unpaired) electrons. The van der Waals surface area contributed by atoms with Crippen molar-refractivity contribution in [3.8, 4) is 11.1 Å². The number of carbonyl (C=O) groups excluding carboxylic acids is 1. The van der Waals surface area contributed by atoms with E-state index in [1.165, 1.54) is 5.57 Å². The summed E-state index contributed by atoms with van der Waals surface area (Å²) in [6.07, 6.45) is 15.7. The number of aliphatic hydroxyl groups is 1. The lowest BCUT2D eigenvalue weighted by Crippen LogP contribution is -2.13. The summed E-state index contributed by atoms with van der Waals surface area (Å²) in [5.74, 6) is 0.806. The second-order valence-electron chi connectivity index (χ2n) is 7.48. The minimum absolute atomic E-state index is 0.000415. The van der Waals surface area contributed by atoms with E-state index in [-0.39, 0.29) is 18.3 Å². The van der Waals surface area contributed by atoms with Gasteiger partial charge in [0.2, 0.25) is 0 Å². The molecule has 0 aliphatic carbocycles. The van der Waals surface area contributed by atoms with Crippen LogP contribution in [0.2, 0.25) is 0 Å². The molecule has 0 saturated heterocycles. The largest absolute Gasteiger partial charge is 0.396 e. The molecule has 30 heavy (non-hydrogen) atoms. The number of hydrogen-bond donors (Lipinski definition) is 1. The van der Waals surface area contributed by atoms with Crippen molar-refractivity contribution in [1.82, 2.24) is 9.97 Å². The van der Waals surface area contributed by atoms with Crippen LogP contribution in [-0.2, 0) is 0 Å². The Kier molecular flexibility index (Phi) is 9.88. The first kappa shape index (κ1) is 23.4. The summed E-state index contributed by atoms with van der Waals surface area (Å²) in [5, 5.41) is 9.71. The van der Waals surface area contributed by atoms with Crippen molar-refractivity contribution < 1.29 is 9.90 Å². The first-order valence-electron chi connectivity index (χ1n) is 10.5. The molecule has 0 aliphatic rings. The lowest BCUT2D eigenvalue weighted by Gasteiger charge is -2.13. The summed E-state index contributed by atoms with van der Waals surface area (Å²) in [6, 6.07) is 7.53. The van der Waals surface area contributed by atoms with Gasteiger partial charge in [0.1, 0.15) is 5.82 Å². The quantitative estimate of drug-likeness (QED) is 0.272. The van der Waals surface area contributed by atoms with Gasteiger partial charge in [-0.3, -0.25) is 4.79 Å². The van der Waals surface area contributed by atoms with E-state index in [1.807, 2.05) is 44.2 Å². The number of nitrogens with zero attached hydrogens (tertiary/aromatic N) is 2. The van der Waals surface area contributed by atoms with Crippen molar-refractivity contribution in [3.05, 3.63) is 84.5 Å². The van der Waals surface area contributed by atoms with Crippen LogP contribution < -0.4 is 0 Å². The Bertz CT molecular complexity index is 865. The average Bonchev–Trinajstić information content (AvgIpc) is 2.78. The third kappa shape index (κ3) is 7.53. The van der Waals surface area contributed by atoms with E-state index in [1.54, 1.807) is 18.5 Å². The highest BCUT2D eigenvalue weighted by atomic mass is 16.3. The molecule has 4 heteroatoms. The van der Waals surface area contributed by atoms with E-state index < -0.39 is 0 Å². The zero-order chi connectivity index (χ0) is 21.8. The number of aryl methyl sites for hydroxylation is 1. The molecule has 1 heterocycles. The van der Waals surface area contributed by atoms with Gasteiger partial charge in [0.15, 0.2) is 5.78 Å². The monoisotopic (exact) mass is 404 g/mol. The number of allylic oxidation sites excluding steroid dienone is 5.